The predicted molar refractivity (Wildman–Crippen MR) is 163 cm³/mol. The molecule has 3 aromatic rings. The molecule has 3 aromatic carbocycles. The second-order valence-corrected chi connectivity index (χ2v) is 14.1. The molecular formula is C29H33Br2N3O4S. The lowest BCUT2D eigenvalue weighted by atomic mass is 10.0. The molecule has 10 heteroatoms. The molecule has 0 fully saturated rings. The van der Waals surface area contributed by atoms with Crippen molar-refractivity contribution in [2.24, 2.45) is 0 Å². The lowest BCUT2D eigenvalue weighted by Crippen LogP contribution is -2.56. The Bertz CT molecular complexity index is 1390. The van der Waals surface area contributed by atoms with E-state index in [0.29, 0.717) is 5.69 Å². The van der Waals surface area contributed by atoms with Gasteiger partial charge in [0.2, 0.25) is 21.8 Å². The summed E-state index contributed by atoms with van der Waals surface area (Å²) in [4.78, 5) is 29.2. The summed E-state index contributed by atoms with van der Waals surface area (Å²) in [6, 6.07) is 22.8. The summed E-state index contributed by atoms with van der Waals surface area (Å²) in [5, 5.41) is 3.01. The van der Waals surface area contributed by atoms with Gasteiger partial charge in [-0.25, -0.2) is 8.42 Å². The molecular weight excluding hydrogens is 646 g/mol. The van der Waals surface area contributed by atoms with Crippen LogP contribution in [0.4, 0.5) is 5.69 Å². The number of hydrogen-bond acceptors (Lipinski definition) is 4. The zero-order chi connectivity index (χ0) is 28.8. The van der Waals surface area contributed by atoms with Gasteiger partial charge >= 0.3 is 0 Å². The van der Waals surface area contributed by atoms with Crippen LogP contribution in [-0.2, 0) is 32.6 Å². The van der Waals surface area contributed by atoms with Crippen molar-refractivity contribution in [2.45, 2.75) is 45.3 Å². The molecule has 1 atom stereocenters. The molecule has 0 heterocycles. The summed E-state index contributed by atoms with van der Waals surface area (Å²) >= 11 is 6.84. The molecule has 39 heavy (non-hydrogen) atoms. The molecule has 0 radical (unpaired) electrons. The van der Waals surface area contributed by atoms with Crippen LogP contribution in [0.15, 0.2) is 87.8 Å². The molecule has 208 valence electrons. The van der Waals surface area contributed by atoms with Gasteiger partial charge in [-0.3, -0.25) is 13.9 Å². The van der Waals surface area contributed by atoms with Crippen LogP contribution in [0.2, 0.25) is 0 Å². The van der Waals surface area contributed by atoms with Crippen LogP contribution in [0.5, 0.6) is 0 Å². The second kappa shape index (κ2) is 13.1. The Balaban J connectivity index is 2.07. The molecule has 3 rings (SSSR count). The van der Waals surface area contributed by atoms with Gasteiger partial charge in [0.1, 0.15) is 12.6 Å². The molecule has 7 nitrogen and oxygen atoms in total. The molecule has 0 aliphatic heterocycles. The van der Waals surface area contributed by atoms with Gasteiger partial charge in [-0.05, 0) is 68.3 Å². The third-order valence-corrected chi connectivity index (χ3v) is 7.97. The molecule has 2 amide bonds. The maximum absolute atomic E-state index is 14.1. The van der Waals surface area contributed by atoms with E-state index < -0.39 is 34.1 Å². The van der Waals surface area contributed by atoms with Crippen LogP contribution in [0.3, 0.4) is 0 Å². The van der Waals surface area contributed by atoms with Crippen molar-refractivity contribution in [2.75, 3.05) is 17.1 Å². The molecule has 0 aliphatic rings. The average molecular weight is 679 g/mol. The number of nitrogens with zero attached hydrogens (tertiary/aromatic N) is 2. The van der Waals surface area contributed by atoms with Crippen molar-refractivity contribution in [1.29, 1.82) is 0 Å². The molecule has 0 aliphatic carbocycles. The first kappa shape index (κ1) is 30.8. The zero-order valence-electron chi connectivity index (χ0n) is 22.4. The first-order chi connectivity index (χ1) is 18.2. The van der Waals surface area contributed by atoms with Crippen LogP contribution < -0.4 is 9.62 Å². The summed E-state index contributed by atoms with van der Waals surface area (Å²) in [5.41, 5.74) is 1.50. The SMILES string of the molecule is CC(C)(C)NC(=O)C(Cc1ccccc1)N(Cc1cccc(Br)c1)C(=O)CN(c1ccc(Br)cc1)S(C)(=O)=O. The highest BCUT2D eigenvalue weighted by molar-refractivity contribution is 9.10. The number of nitrogens with one attached hydrogen (secondary N) is 1. The van der Waals surface area contributed by atoms with Gasteiger partial charge in [-0.15, -0.1) is 0 Å². The number of hydrogen-bond donors (Lipinski definition) is 1. The summed E-state index contributed by atoms with van der Waals surface area (Å²) in [5.74, 6) is -0.808. The maximum atomic E-state index is 14.1. The Kier molecular flexibility index (Phi) is 10.4. The fraction of sp³-hybridized carbons (Fsp3) is 0.310. The Hall–Kier alpha value is -2.69. The topological polar surface area (TPSA) is 86.8 Å². The Morgan fingerprint density at radius 2 is 1.49 bits per heavy atom. The number of halogens is 2. The van der Waals surface area contributed by atoms with E-state index >= 15 is 0 Å². The minimum atomic E-state index is -3.81. The van der Waals surface area contributed by atoms with Crippen molar-refractivity contribution in [3.05, 3.63) is 98.9 Å². The van der Waals surface area contributed by atoms with Crippen molar-refractivity contribution >= 4 is 59.4 Å². The van der Waals surface area contributed by atoms with E-state index in [1.165, 1.54) is 4.90 Å². The molecule has 0 saturated heterocycles. The van der Waals surface area contributed by atoms with Gasteiger partial charge < -0.3 is 10.2 Å². The van der Waals surface area contributed by atoms with Crippen molar-refractivity contribution in [1.82, 2.24) is 10.2 Å². The molecule has 1 N–H and O–H groups in total. The fourth-order valence-electron chi connectivity index (χ4n) is 4.06. The second-order valence-electron chi connectivity index (χ2n) is 10.3. The molecule has 1 unspecified atom stereocenters. The van der Waals surface area contributed by atoms with Gasteiger partial charge in [0, 0.05) is 27.4 Å². The highest BCUT2D eigenvalue weighted by atomic mass is 79.9. The van der Waals surface area contributed by atoms with E-state index in [1.807, 2.05) is 75.4 Å². The number of sulfonamides is 1. The Morgan fingerprint density at radius 1 is 0.872 bits per heavy atom. The van der Waals surface area contributed by atoms with E-state index in [-0.39, 0.29) is 18.9 Å². The van der Waals surface area contributed by atoms with Gasteiger partial charge in [0.25, 0.3) is 0 Å². The van der Waals surface area contributed by atoms with E-state index in [9.17, 15) is 18.0 Å². The largest absolute Gasteiger partial charge is 0.350 e. The Morgan fingerprint density at radius 3 is 2.05 bits per heavy atom. The zero-order valence-corrected chi connectivity index (χ0v) is 26.4. The van der Waals surface area contributed by atoms with Crippen LogP contribution in [0, 0.1) is 0 Å². The van der Waals surface area contributed by atoms with Gasteiger partial charge in [-0.2, -0.15) is 0 Å². The van der Waals surface area contributed by atoms with Crippen LogP contribution in [-0.4, -0.2) is 49.5 Å². The fourth-order valence-corrected chi connectivity index (χ4v) is 5.62. The third kappa shape index (κ3) is 9.47. The number of carbonyl (C=O) groups excluding carboxylic acids is 2. The lowest BCUT2D eigenvalue weighted by molar-refractivity contribution is -0.140. The van der Waals surface area contributed by atoms with E-state index in [2.05, 4.69) is 37.2 Å². The maximum Gasteiger partial charge on any atom is 0.244 e. The van der Waals surface area contributed by atoms with Gasteiger partial charge in [0.15, 0.2) is 0 Å². The smallest absolute Gasteiger partial charge is 0.244 e. The van der Waals surface area contributed by atoms with E-state index in [1.54, 1.807) is 24.3 Å². The summed E-state index contributed by atoms with van der Waals surface area (Å²) in [7, 11) is -3.81. The van der Waals surface area contributed by atoms with Gasteiger partial charge in [0.05, 0.1) is 11.9 Å². The standard InChI is InChI=1S/C29H33Br2N3O4S/c1-29(2,3)32-28(36)26(18-21-9-6-5-7-10-21)33(19-22-11-8-12-24(31)17-22)27(35)20-34(39(4,37)38)25-15-13-23(30)14-16-25/h5-17,26H,18-20H2,1-4H3,(H,32,36). The van der Waals surface area contributed by atoms with Crippen molar-refractivity contribution in [3.63, 3.8) is 0 Å². The first-order valence-electron chi connectivity index (χ1n) is 12.4. The summed E-state index contributed by atoms with van der Waals surface area (Å²) < 4.78 is 28.3. The van der Waals surface area contributed by atoms with Crippen molar-refractivity contribution in [3.8, 4) is 0 Å². The monoisotopic (exact) mass is 677 g/mol. The number of rotatable bonds is 10. The molecule has 0 bridgehead atoms. The highest BCUT2D eigenvalue weighted by Crippen LogP contribution is 2.23. The van der Waals surface area contributed by atoms with Crippen LogP contribution in [0.25, 0.3) is 0 Å². The quantitative estimate of drug-likeness (QED) is 0.306. The average Bonchev–Trinajstić information content (AvgIpc) is 2.84. The molecule has 0 saturated carbocycles. The van der Waals surface area contributed by atoms with Crippen LogP contribution in [0.1, 0.15) is 31.9 Å². The molecule has 0 spiro atoms. The minimum Gasteiger partial charge on any atom is -0.350 e. The normalized spacial score (nSPS) is 12.5. The van der Waals surface area contributed by atoms with Gasteiger partial charge in [-0.1, -0.05) is 74.3 Å². The van der Waals surface area contributed by atoms with E-state index in [0.717, 1.165) is 30.6 Å². The number of amides is 2. The molecule has 0 aromatic heterocycles. The lowest BCUT2D eigenvalue weighted by Gasteiger charge is -2.35. The first-order valence-corrected chi connectivity index (χ1v) is 15.8. The number of benzene rings is 3. The number of anilines is 1. The highest BCUT2D eigenvalue weighted by Gasteiger charge is 2.34. The minimum absolute atomic E-state index is 0.116. The summed E-state index contributed by atoms with van der Waals surface area (Å²) in [6.07, 6.45) is 1.33. The van der Waals surface area contributed by atoms with Crippen molar-refractivity contribution < 1.29 is 18.0 Å². The predicted octanol–water partition coefficient (Wildman–Crippen LogP) is 5.53. The van der Waals surface area contributed by atoms with E-state index in [4.69, 9.17) is 0 Å². The Labute approximate surface area is 247 Å². The van der Waals surface area contributed by atoms with Crippen LogP contribution >= 0.6 is 31.9 Å². The number of carbonyl (C=O) groups is 2. The third-order valence-electron chi connectivity index (χ3n) is 5.81. The summed E-state index contributed by atoms with van der Waals surface area (Å²) in [6.45, 7) is 5.30.